The van der Waals surface area contributed by atoms with E-state index in [1.807, 2.05) is 11.0 Å². The first-order chi connectivity index (χ1) is 17.5. The summed E-state index contributed by atoms with van der Waals surface area (Å²) in [5.41, 5.74) is 2.43. The van der Waals surface area contributed by atoms with Gasteiger partial charge >= 0.3 is 0 Å². The minimum atomic E-state index is -0.335. The Hall–Kier alpha value is -4.57. The molecule has 2 aromatic carbocycles. The summed E-state index contributed by atoms with van der Waals surface area (Å²) in [6, 6.07) is 13.5. The Labute approximate surface area is 206 Å². The first-order valence-corrected chi connectivity index (χ1v) is 11.5. The van der Waals surface area contributed by atoms with Crippen LogP contribution in [-0.4, -0.2) is 46.6 Å². The second-order valence-electron chi connectivity index (χ2n) is 8.25. The molecule has 0 aliphatic carbocycles. The number of benzene rings is 2. The number of anilines is 4. The number of amides is 1. The Kier molecular flexibility index (Phi) is 6.42. The van der Waals surface area contributed by atoms with Gasteiger partial charge in [0.2, 0.25) is 11.9 Å². The number of carbonyl (C=O) groups excluding carboxylic acids is 1. The Bertz CT molecular complexity index is 1510. The smallest absolute Gasteiger partial charge is 0.247 e. The van der Waals surface area contributed by atoms with Crippen molar-refractivity contribution >= 4 is 40.0 Å². The van der Waals surface area contributed by atoms with Crippen molar-refractivity contribution in [1.82, 2.24) is 19.9 Å². The molecule has 1 saturated heterocycles. The number of nitrogens with one attached hydrogen (secondary N) is 3. The second-order valence-corrected chi connectivity index (χ2v) is 8.25. The number of pyridine rings is 1. The molecule has 3 heterocycles. The van der Waals surface area contributed by atoms with E-state index in [4.69, 9.17) is 0 Å². The Morgan fingerprint density at radius 1 is 1.11 bits per heavy atom. The van der Waals surface area contributed by atoms with Gasteiger partial charge in [0.25, 0.3) is 0 Å². The highest BCUT2D eigenvalue weighted by molar-refractivity contribution is 5.99. The summed E-state index contributed by atoms with van der Waals surface area (Å²) < 4.78 is 16.6. The van der Waals surface area contributed by atoms with E-state index in [2.05, 4.69) is 32.5 Å². The predicted octanol–water partition coefficient (Wildman–Crippen LogP) is 3.20. The molecule has 0 atom stereocenters. The van der Waals surface area contributed by atoms with Crippen LogP contribution in [0.25, 0.3) is 16.7 Å². The molecular weight excluding hydrogens is 461 g/mol. The molecule has 0 radical (unpaired) electrons. The first kappa shape index (κ1) is 23.2. The molecule has 0 bridgehead atoms. The summed E-state index contributed by atoms with van der Waals surface area (Å²) in [6.07, 6.45) is 4.24. The first-order valence-electron chi connectivity index (χ1n) is 11.5. The van der Waals surface area contributed by atoms with Crippen LogP contribution in [0.1, 0.15) is 0 Å². The van der Waals surface area contributed by atoms with Gasteiger partial charge in [-0.3, -0.25) is 9.59 Å². The monoisotopic (exact) mass is 485 g/mol. The molecule has 1 fully saturated rings. The second kappa shape index (κ2) is 9.96. The van der Waals surface area contributed by atoms with Gasteiger partial charge in [0, 0.05) is 61.7 Å². The number of piperazine rings is 1. The lowest BCUT2D eigenvalue weighted by molar-refractivity contribution is -0.111. The molecule has 1 amide bonds. The number of halogens is 1. The van der Waals surface area contributed by atoms with Gasteiger partial charge in [-0.15, -0.1) is 0 Å². The average Bonchev–Trinajstić information content (AvgIpc) is 2.89. The van der Waals surface area contributed by atoms with Crippen molar-refractivity contribution in [2.75, 3.05) is 41.7 Å². The molecule has 0 spiro atoms. The zero-order valence-corrected chi connectivity index (χ0v) is 19.4. The van der Waals surface area contributed by atoms with Crippen LogP contribution < -0.4 is 26.3 Å². The van der Waals surface area contributed by atoms with Crippen LogP contribution in [0, 0.1) is 5.82 Å². The largest absolute Gasteiger partial charge is 0.367 e. The molecule has 3 N–H and O–H groups in total. The number of aromatic nitrogens is 3. The van der Waals surface area contributed by atoms with Crippen molar-refractivity contribution in [3.63, 3.8) is 0 Å². The maximum Gasteiger partial charge on any atom is 0.247 e. The fourth-order valence-electron chi connectivity index (χ4n) is 4.10. The van der Waals surface area contributed by atoms with Gasteiger partial charge < -0.3 is 25.4 Å². The molecule has 182 valence electrons. The molecule has 1 aliphatic heterocycles. The van der Waals surface area contributed by atoms with Crippen LogP contribution in [0.5, 0.6) is 0 Å². The maximum atomic E-state index is 14.9. The topological polar surface area (TPSA) is 104 Å². The van der Waals surface area contributed by atoms with Gasteiger partial charge in [0.15, 0.2) is 11.1 Å². The lowest BCUT2D eigenvalue weighted by atomic mass is 10.2. The molecule has 36 heavy (non-hydrogen) atoms. The van der Waals surface area contributed by atoms with E-state index < -0.39 is 0 Å². The maximum absolute atomic E-state index is 14.9. The van der Waals surface area contributed by atoms with Crippen molar-refractivity contribution in [3.8, 4) is 5.69 Å². The van der Waals surface area contributed by atoms with E-state index in [-0.39, 0.29) is 23.1 Å². The third-order valence-electron chi connectivity index (χ3n) is 5.88. The quantitative estimate of drug-likeness (QED) is 0.360. The third kappa shape index (κ3) is 4.80. The molecule has 1 aliphatic rings. The summed E-state index contributed by atoms with van der Waals surface area (Å²) >= 11 is 0. The molecule has 5 rings (SSSR count). The lowest BCUT2D eigenvalue weighted by Crippen LogP contribution is -2.43. The van der Waals surface area contributed by atoms with E-state index in [1.54, 1.807) is 41.1 Å². The predicted molar refractivity (Wildman–Crippen MR) is 139 cm³/mol. The standard InChI is InChI=1S/C26H24FN7O2/c1-2-24(36)30-17-4-3-5-19(14-17)34-11-8-23(35)20-16-29-26(32-25(20)34)31-18-6-7-22(21(27)15-18)33-12-9-28-10-13-33/h2-8,11,14-16,28H,1,9-10,12-13H2,(H,30,36)(H,29,31,32). The number of rotatable bonds is 6. The van der Waals surface area contributed by atoms with Crippen molar-refractivity contribution < 1.29 is 9.18 Å². The summed E-state index contributed by atoms with van der Waals surface area (Å²) in [4.78, 5) is 35.0. The number of hydrogen-bond donors (Lipinski definition) is 3. The fraction of sp³-hybridized carbons (Fsp3) is 0.154. The van der Waals surface area contributed by atoms with Crippen molar-refractivity contribution in [2.24, 2.45) is 0 Å². The summed E-state index contributed by atoms with van der Waals surface area (Å²) in [5, 5.41) is 9.33. The highest BCUT2D eigenvalue weighted by Crippen LogP contribution is 2.25. The van der Waals surface area contributed by atoms with Gasteiger partial charge in [-0.1, -0.05) is 12.6 Å². The Morgan fingerprint density at radius 3 is 2.72 bits per heavy atom. The van der Waals surface area contributed by atoms with Gasteiger partial charge in [-0.25, -0.2) is 9.37 Å². The van der Waals surface area contributed by atoms with Crippen LogP contribution in [0.3, 0.4) is 0 Å². The van der Waals surface area contributed by atoms with Crippen LogP contribution in [-0.2, 0) is 4.79 Å². The number of nitrogens with zero attached hydrogens (tertiary/aromatic N) is 4. The van der Waals surface area contributed by atoms with E-state index in [9.17, 15) is 14.0 Å². The Balaban J connectivity index is 1.47. The minimum Gasteiger partial charge on any atom is -0.367 e. The van der Waals surface area contributed by atoms with Gasteiger partial charge in [-0.05, 0) is 42.5 Å². The summed E-state index contributed by atoms with van der Waals surface area (Å²) in [7, 11) is 0. The molecular formula is C26H24FN7O2. The average molecular weight is 486 g/mol. The highest BCUT2D eigenvalue weighted by atomic mass is 19.1. The van der Waals surface area contributed by atoms with Gasteiger partial charge in [0.05, 0.1) is 11.1 Å². The molecule has 4 aromatic rings. The normalized spacial score (nSPS) is 13.4. The number of carbonyl (C=O) groups is 1. The van der Waals surface area contributed by atoms with Crippen LogP contribution in [0.15, 0.2) is 78.4 Å². The SMILES string of the molecule is C=CC(=O)Nc1cccc(-n2ccc(=O)c3cnc(Nc4ccc(N5CCNCC5)c(F)c4)nc32)c1. The van der Waals surface area contributed by atoms with Gasteiger partial charge in [0.1, 0.15) is 5.82 Å². The van der Waals surface area contributed by atoms with Crippen LogP contribution in [0.4, 0.5) is 27.4 Å². The minimum absolute atomic E-state index is 0.215. The Morgan fingerprint density at radius 2 is 1.94 bits per heavy atom. The van der Waals surface area contributed by atoms with E-state index in [1.165, 1.54) is 24.4 Å². The van der Waals surface area contributed by atoms with Crippen LogP contribution >= 0.6 is 0 Å². The van der Waals surface area contributed by atoms with Crippen LogP contribution in [0.2, 0.25) is 0 Å². The number of fused-ring (bicyclic) bond motifs is 1. The molecule has 0 unspecified atom stereocenters. The molecule has 10 heteroatoms. The lowest BCUT2D eigenvalue weighted by Gasteiger charge is -2.29. The number of hydrogen-bond acceptors (Lipinski definition) is 7. The molecule has 9 nitrogen and oxygen atoms in total. The van der Waals surface area contributed by atoms with Crippen molar-refractivity contribution in [1.29, 1.82) is 0 Å². The van der Waals surface area contributed by atoms with Gasteiger partial charge in [-0.2, -0.15) is 4.98 Å². The molecule has 2 aromatic heterocycles. The zero-order chi connectivity index (χ0) is 25.1. The van der Waals surface area contributed by atoms with E-state index in [0.717, 1.165) is 26.2 Å². The zero-order valence-electron chi connectivity index (χ0n) is 19.4. The summed E-state index contributed by atoms with van der Waals surface area (Å²) in [5.74, 6) is -0.453. The van der Waals surface area contributed by atoms with E-state index >= 15 is 0 Å². The van der Waals surface area contributed by atoms with E-state index in [0.29, 0.717) is 33.8 Å². The molecule has 0 saturated carbocycles. The third-order valence-corrected chi connectivity index (χ3v) is 5.88. The van der Waals surface area contributed by atoms with Crippen molar-refractivity contribution in [3.05, 3.63) is 89.6 Å². The van der Waals surface area contributed by atoms with Crippen molar-refractivity contribution in [2.45, 2.75) is 0 Å². The fourth-order valence-corrected chi connectivity index (χ4v) is 4.10. The highest BCUT2D eigenvalue weighted by Gasteiger charge is 2.15. The summed E-state index contributed by atoms with van der Waals surface area (Å²) in [6.45, 7) is 6.58.